The number of anilines is 1. The number of carboxylic acids is 1. The Balaban J connectivity index is 2.22. The number of esters is 1. The van der Waals surface area contributed by atoms with Crippen molar-refractivity contribution in [1.29, 1.82) is 0 Å². The number of aromatic nitrogens is 4. The molecule has 0 fully saturated rings. The van der Waals surface area contributed by atoms with Crippen LogP contribution in [0.2, 0.25) is 0 Å². The van der Waals surface area contributed by atoms with Crippen molar-refractivity contribution >= 4 is 36.4 Å². The third kappa shape index (κ3) is 8.22. The first-order chi connectivity index (χ1) is 16.6. The zero-order valence-electron chi connectivity index (χ0n) is 21.9. The van der Waals surface area contributed by atoms with E-state index in [4.69, 9.17) is 15.2 Å². The van der Waals surface area contributed by atoms with Gasteiger partial charge in [-0.2, -0.15) is 0 Å². The largest absolute Gasteiger partial charge is 0.481 e. The summed E-state index contributed by atoms with van der Waals surface area (Å²) in [5.41, 5.74) is 5.52. The summed E-state index contributed by atoms with van der Waals surface area (Å²) < 4.78 is 27.1. The lowest BCUT2D eigenvalue weighted by Gasteiger charge is -2.34. The number of fused-ring (bicyclic) bond motifs is 1. The minimum Gasteiger partial charge on any atom is -0.481 e. The average molecular weight is 528 g/mol. The molecule has 0 aliphatic carbocycles. The molecule has 2 aromatic heterocycles. The molecule has 2 heterocycles. The molecule has 0 aliphatic heterocycles. The first-order valence-electron chi connectivity index (χ1n) is 11.8. The van der Waals surface area contributed by atoms with Crippen molar-refractivity contribution in [2.24, 2.45) is 5.92 Å². The summed E-state index contributed by atoms with van der Waals surface area (Å²) in [5, 5.41) is 15.2. The van der Waals surface area contributed by atoms with Gasteiger partial charge in [0.05, 0.1) is 31.5 Å². The van der Waals surface area contributed by atoms with Gasteiger partial charge in [-0.15, -0.1) is 0 Å². The molecule has 0 saturated heterocycles. The maximum absolute atomic E-state index is 14.1. The van der Waals surface area contributed by atoms with Crippen LogP contribution in [0.25, 0.3) is 11.2 Å². The molecule has 0 aromatic carbocycles. The van der Waals surface area contributed by atoms with Crippen LogP contribution >= 0.6 is 7.44 Å². The molecule has 14 heteroatoms. The highest BCUT2D eigenvalue weighted by molar-refractivity contribution is 7.59. The van der Waals surface area contributed by atoms with E-state index in [0.717, 1.165) is 0 Å². The molecule has 0 saturated carbocycles. The number of aliphatic carboxylic acids is 1. The standard InChI is InChI=1S/C22H38N7O6P/c1-13(2)16(8-17(30)31)27-36(33,28-22(6,7)21(32)35-14(3)4)12-34-15(5)9-29-11-26-18-19(23)24-10-25-20(18)29/h10-11,13-16H,8-9,12H2,1-7H3,(H,30,31)(H2,23,24,25)(H2,27,28,33)/t15?,16-,36+/m0/s1. The van der Waals surface area contributed by atoms with Gasteiger partial charge in [-0.3, -0.25) is 14.2 Å². The molecule has 13 nitrogen and oxygen atoms in total. The van der Waals surface area contributed by atoms with E-state index in [-0.39, 0.29) is 30.6 Å². The number of nitrogens with two attached hydrogens (primary N) is 1. The number of nitrogen functional groups attached to an aromatic ring is 1. The third-order valence-electron chi connectivity index (χ3n) is 5.31. The van der Waals surface area contributed by atoms with Crippen molar-refractivity contribution < 1.29 is 28.7 Å². The van der Waals surface area contributed by atoms with Crippen LogP contribution in [0.3, 0.4) is 0 Å². The van der Waals surface area contributed by atoms with Crippen LogP contribution < -0.4 is 15.9 Å². The van der Waals surface area contributed by atoms with Crippen LogP contribution in [-0.4, -0.2) is 66.7 Å². The van der Waals surface area contributed by atoms with Crippen LogP contribution in [0, 0.1) is 5.92 Å². The second kappa shape index (κ2) is 12.1. The molecule has 0 radical (unpaired) electrons. The van der Waals surface area contributed by atoms with E-state index in [0.29, 0.717) is 17.7 Å². The Labute approximate surface area is 211 Å². The number of carbonyl (C=O) groups is 2. The number of imidazole rings is 1. The summed E-state index contributed by atoms with van der Waals surface area (Å²) >= 11 is 0. The molecule has 5 N–H and O–H groups in total. The van der Waals surface area contributed by atoms with E-state index >= 15 is 0 Å². The Bertz CT molecular complexity index is 1100. The Morgan fingerprint density at radius 2 is 1.86 bits per heavy atom. The minimum absolute atomic E-state index is 0.151. The molecule has 1 unspecified atom stereocenters. The molecule has 36 heavy (non-hydrogen) atoms. The summed E-state index contributed by atoms with van der Waals surface area (Å²) in [6.07, 6.45) is 1.55. The predicted octanol–water partition coefficient (Wildman–Crippen LogP) is 2.37. The molecular formula is C22H38N7O6P. The summed E-state index contributed by atoms with van der Waals surface area (Å²) in [6, 6.07) is -0.631. The number of carboxylic acid groups (broad SMARTS) is 1. The number of carbonyl (C=O) groups excluding carboxylic acids is 1. The highest BCUT2D eigenvalue weighted by atomic mass is 31.2. The number of hydrogen-bond donors (Lipinski definition) is 4. The van der Waals surface area contributed by atoms with Gasteiger partial charge in [-0.05, 0) is 40.5 Å². The fourth-order valence-corrected chi connectivity index (χ4v) is 6.03. The summed E-state index contributed by atoms with van der Waals surface area (Å²) in [6.45, 7) is 12.3. The molecule has 2 rings (SSSR count). The Morgan fingerprint density at radius 3 is 2.44 bits per heavy atom. The van der Waals surface area contributed by atoms with E-state index in [1.165, 1.54) is 6.33 Å². The lowest BCUT2D eigenvalue weighted by atomic mass is 10.0. The minimum atomic E-state index is -3.66. The Kier molecular flexibility index (Phi) is 9.95. The second-order valence-corrected chi connectivity index (χ2v) is 12.2. The molecule has 3 atom stereocenters. The van der Waals surface area contributed by atoms with Gasteiger partial charge in [0, 0.05) is 6.04 Å². The fourth-order valence-electron chi connectivity index (χ4n) is 3.44. The number of hydrogen-bond acceptors (Lipinski definition) is 9. The normalized spacial score (nSPS) is 15.7. The molecule has 0 bridgehead atoms. The maximum atomic E-state index is 14.1. The van der Waals surface area contributed by atoms with Crippen molar-refractivity contribution in [2.45, 2.75) is 85.2 Å². The van der Waals surface area contributed by atoms with E-state index in [2.05, 4.69) is 25.1 Å². The number of nitrogens with one attached hydrogen (secondary N) is 2. The van der Waals surface area contributed by atoms with Crippen LogP contribution in [-0.2, 0) is 30.2 Å². The van der Waals surface area contributed by atoms with Crippen molar-refractivity contribution in [3.63, 3.8) is 0 Å². The fraction of sp³-hybridized carbons (Fsp3) is 0.682. The topological polar surface area (TPSA) is 184 Å². The van der Waals surface area contributed by atoms with Crippen molar-refractivity contribution in [1.82, 2.24) is 29.7 Å². The van der Waals surface area contributed by atoms with Crippen molar-refractivity contribution in [3.8, 4) is 0 Å². The molecule has 202 valence electrons. The maximum Gasteiger partial charge on any atom is 0.326 e. The number of nitrogens with zero attached hydrogens (tertiary/aromatic N) is 4. The third-order valence-corrected chi connectivity index (χ3v) is 7.49. The first-order valence-corrected chi connectivity index (χ1v) is 13.6. The van der Waals surface area contributed by atoms with Crippen LogP contribution in [0.15, 0.2) is 12.7 Å². The highest BCUT2D eigenvalue weighted by Crippen LogP contribution is 2.41. The van der Waals surface area contributed by atoms with Gasteiger partial charge in [0.2, 0.25) is 7.44 Å². The van der Waals surface area contributed by atoms with Gasteiger partial charge in [-0.1, -0.05) is 13.8 Å². The van der Waals surface area contributed by atoms with Gasteiger partial charge in [0.15, 0.2) is 11.5 Å². The van der Waals surface area contributed by atoms with E-state index < -0.39 is 37.1 Å². The first kappa shape index (κ1) is 29.6. The molecule has 0 amide bonds. The van der Waals surface area contributed by atoms with Gasteiger partial charge in [0.1, 0.15) is 23.7 Å². The van der Waals surface area contributed by atoms with Gasteiger partial charge < -0.3 is 24.9 Å². The average Bonchev–Trinajstić information content (AvgIpc) is 3.15. The van der Waals surface area contributed by atoms with Crippen LogP contribution in [0.4, 0.5) is 5.82 Å². The summed E-state index contributed by atoms with van der Waals surface area (Å²) in [7, 11) is -3.66. The molecule has 0 aliphatic rings. The van der Waals surface area contributed by atoms with E-state index in [1.807, 2.05) is 13.8 Å². The van der Waals surface area contributed by atoms with Crippen LogP contribution in [0.1, 0.15) is 54.9 Å². The number of rotatable bonds is 14. The summed E-state index contributed by atoms with van der Waals surface area (Å²) in [5.74, 6) is -1.51. The monoisotopic (exact) mass is 527 g/mol. The molecule has 2 aromatic rings. The smallest absolute Gasteiger partial charge is 0.326 e. The van der Waals surface area contributed by atoms with E-state index in [9.17, 15) is 19.3 Å². The molecular weight excluding hydrogens is 489 g/mol. The Morgan fingerprint density at radius 1 is 1.19 bits per heavy atom. The SMILES string of the molecule is CC(C)OC(=O)C(C)(C)N[P@@](=O)(COC(C)Cn1cnc2c(N)ncnc21)N[C@@H](CC(=O)O)C(C)C. The van der Waals surface area contributed by atoms with E-state index in [1.54, 1.807) is 45.5 Å². The Hall–Kier alpha value is -2.60. The molecule has 0 spiro atoms. The van der Waals surface area contributed by atoms with Gasteiger partial charge in [-0.25, -0.2) is 25.1 Å². The zero-order chi connectivity index (χ0) is 27.3. The van der Waals surface area contributed by atoms with Gasteiger partial charge in [0.25, 0.3) is 0 Å². The van der Waals surface area contributed by atoms with Crippen molar-refractivity contribution in [3.05, 3.63) is 12.7 Å². The van der Waals surface area contributed by atoms with Crippen molar-refractivity contribution in [2.75, 3.05) is 12.1 Å². The van der Waals surface area contributed by atoms with Gasteiger partial charge >= 0.3 is 11.9 Å². The quantitative estimate of drug-likeness (QED) is 0.208. The lowest BCUT2D eigenvalue weighted by molar-refractivity contribution is -0.153. The second-order valence-electron chi connectivity index (χ2n) is 9.94. The number of ether oxygens (including phenoxy) is 2. The summed E-state index contributed by atoms with van der Waals surface area (Å²) in [4.78, 5) is 36.4. The lowest BCUT2D eigenvalue weighted by Crippen LogP contribution is -2.51. The predicted molar refractivity (Wildman–Crippen MR) is 135 cm³/mol. The highest BCUT2D eigenvalue weighted by Gasteiger charge is 2.39. The van der Waals surface area contributed by atoms with Crippen LogP contribution in [0.5, 0.6) is 0 Å². The zero-order valence-corrected chi connectivity index (χ0v) is 22.8.